The summed E-state index contributed by atoms with van der Waals surface area (Å²) in [7, 11) is 1.87. The first-order valence-corrected chi connectivity index (χ1v) is 6.03. The number of hydrogen-bond acceptors (Lipinski definition) is 2. The fraction of sp³-hybridized carbons (Fsp3) is 0.417. The zero-order chi connectivity index (χ0) is 10.8. The monoisotopic (exact) mass is 221 g/mol. The number of carbonyl (C=O) groups excluding carboxylic acids is 1. The molecule has 0 unspecified atom stereocenters. The third-order valence-corrected chi connectivity index (χ3v) is 3.89. The van der Waals surface area contributed by atoms with Crippen LogP contribution in [-0.4, -0.2) is 29.6 Å². The fourth-order valence-electron chi connectivity index (χ4n) is 1.75. The normalized spacial score (nSPS) is 21.1. The summed E-state index contributed by atoms with van der Waals surface area (Å²) in [6, 6.07) is 8.33. The zero-order valence-corrected chi connectivity index (χ0v) is 9.88. The highest BCUT2D eigenvalue weighted by Gasteiger charge is 2.29. The summed E-state index contributed by atoms with van der Waals surface area (Å²) < 4.78 is 0. The molecule has 2 rings (SSSR count). The van der Waals surface area contributed by atoms with Crippen LogP contribution in [0.3, 0.4) is 0 Å². The van der Waals surface area contributed by atoms with E-state index in [0.717, 1.165) is 13.0 Å². The Labute approximate surface area is 94.7 Å². The number of amides is 1. The molecule has 0 aliphatic carbocycles. The summed E-state index contributed by atoms with van der Waals surface area (Å²) in [6.45, 7) is 2.97. The molecule has 1 aliphatic rings. The maximum absolute atomic E-state index is 11.7. The Morgan fingerprint density at radius 3 is 2.87 bits per heavy atom. The fourth-order valence-corrected chi connectivity index (χ4v) is 3.00. The molecule has 80 valence electrons. The molecule has 1 heterocycles. The largest absolute Gasteiger partial charge is 0.345 e. The second-order valence-electron chi connectivity index (χ2n) is 3.97. The standard InChI is InChI=1S/C12H15NOS/c1-9-4-3-5-10(8-9)15-11-6-7-13(2)12(11)14/h3-5,8,11H,6-7H2,1-2H3/t11-/m0/s1. The van der Waals surface area contributed by atoms with Gasteiger partial charge in [0, 0.05) is 18.5 Å². The number of benzene rings is 1. The van der Waals surface area contributed by atoms with Gasteiger partial charge in [-0.05, 0) is 25.5 Å². The first kappa shape index (κ1) is 10.6. The van der Waals surface area contributed by atoms with E-state index in [1.807, 2.05) is 18.0 Å². The van der Waals surface area contributed by atoms with Gasteiger partial charge in [-0.2, -0.15) is 0 Å². The quantitative estimate of drug-likeness (QED) is 0.764. The van der Waals surface area contributed by atoms with Crippen LogP contribution >= 0.6 is 11.8 Å². The molecule has 0 saturated carbocycles. The van der Waals surface area contributed by atoms with E-state index in [1.165, 1.54) is 10.5 Å². The third-order valence-electron chi connectivity index (χ3n) is 2.65. The number of rotatable bonds is 2. The van der Waals surface area contributed by atoms with E-state index >= 15 is 0 Å². The Bertz CT molecular complexity index is 378. The average Bonchev–Trinajstić information content (AvgIpc) is 2.50. The van der Waals surface area contributed by atoms with Gasteiger partial charge in [-0.25, -0.2) is 0 Å². The van der Waals surface area contributed by atoms with Gasteiger partial charge in [0.05, 0.1) is 5.25 Å². The van der Waals surface area contributed by atoms with Gasteiger partial charge in [-0.3, -0.25) is 4.79 Å². The molecule has 0 radical (unpaired) electrons. The van der Waals surface area contributed by atoms with Crippen molar-refractivity contribution in [3.05, 3.63) is 29.8 Å². The molecular formula is C12H15NOS. The summed E-state index contributed by atoms with van der Waals surface area (Å²) in [5.74, 6) is 0.265. The summed E-state index contributed by atoms with van der Waals surface area (Å²) in [6.07, 6.45) is 0.966. The van der Waals surface area contributed by atoms with Crippen molar-refractivity contribution in [2.24, 2.45) is 0 Å². The maximum Gasteiger partial charge on any atom is 0.235 e. The van der Waals surface area contributed by atoms with Gasteiger partial charge in [0.2, 0.25) is 5.91 Å². The van der Waals surface area contributed by atoms with Crippen LogP contribution in [-0.2, 0) is 4.79 Å². The highest BCUT2D eigenvalue weighted by Crippen LogP contribution is 2.30. The van der Waals surface area contributed by atoms with Crippen LogP contribution in [0.25, 0.3) is 0 Å². The molecule has 0 N–H and O–H groups in total. The number of thioether (sulfide) groups is 1. The smallest absolute Gasteiger partial charge is 0.235 e. The molecule has 1 atom stereocenters. The van der Waals surface area contributed by atoms with Gasteiger partial charge in [-0.15, -0.1) is 11.8 Å². The highest BCUT2D eigenvalue weighted by atomic mass is 32.2. The molecule has 15 heavy (non-hydrogen) atoms. The number of nitrogens with zero attached hydrogens (tertiary/aromatic N) is 1. The lowest BCUT2D eigenvalue weighted by molar-refractivity contribution is -0.126. The summed E-state index contributed by atoms with van der Waals surface area (Å²) >= 11 is 1.69. The van der Waals surface area contributed by atoms with Crippen LogP contribution in [0.2, 0.25) is 0 Å². The van der Waals surface area contributed by atoms with Gasteiger partial charge >= 0.3 is 0 Å². The van der Waals surface area contributed by atoms with Crippen molar-refractivity contribution in [3.63, 3.8) is 0 Å². The van der Waals surface area contributed by atoms with Gasteiger partial charge in [0.25, 0.3) is 0 Å². The number of likely N-dealkylation sites (tertiary alicyclic amines) is 1. The van der Waals surface area contributed by atoms with Gasteiger partial charge < -0.3 is 4.90 Å². The van der Waals surface area contributed by atoms with Crippen molar-refractivity contribution >= 4 is 17.7 Å². The van der Waals surface area contributed by atoms with Crippen molar-refractivity contribution in [3.8, 4) is 0 Å². The van der Waals surface area contributed by atoms with Crippen LogP contribution in [0.1, 0.15) is 12.0 Å². The SMILES string of the molecule is Cc1cccc(S[C@H]2CCN(C)C2=O)c1. The van der Waals surface area contributed by atoms with E-state index in [9.17, 15) is 4.79 Å². The van der Waals surface area contributed by atoms with Crippen LogP contribution < -0.4 is 0 Å². The first-order valence-electron chi connectivity index (χ1n) is 5.15. The molecule has 0 aromatic heterocycles. The highest BCUT2D eigenvalue weighted by molar-refractivity contribution is 8.00. The summed E-state index contributed by atoms with van der Waals surface area (Å²) in [5.41, 5.74) is 1.25. The second-order valence-corrected chi connectivity index (χ2v) is 5.25. The molecule has 3 heteroatoms. The minimum atomic E-state index is 0.122. The van der Waals surface area contributed by atoms with E-state index in [0.29, 0.717) is 0 Å². The number of carbonyl (C=O) groups is 1. The van der Waals surface area contributed by atoms with Crippen molar-refractivity contribution in [1.82, 2.24) is 4.90 Å². The molecule has 1 saturated heterocycles. The van der Waals surface area contributed by atoms with Crippen molar-refractivity contribution < 1.29 is 4.79 Å². The maximum atomic E-state index is 11.7. The van der Waals surface area contributed by atoms with E-state index < -0.39 is 0 Å². The van der Waals surface area contributed by atoms with E-state index in [-0.39, 0.29) is 11.2 Å². The van der Waals surface area contributed by atoms with Crippen molar-refractivity contribution in [1.29, 1.82) is 0 Å². The Hall–Kier alpha value is -0.960. The van der Waals surface area contributed by atoms with E-state index in [2.05, 4.69) is 25.1 Å². The van der Waals surface area contributed by atoms with Gasteiger partial charge in [0.1, 0.15) is 0 Å². The Kier molecular flexibility index (Phi) is 3.00. The molecule has 1 aromatic carbocycles. The lowest BCUT2D eigenvalue weighted by atomic mass is 10.2. The Morgan fingerprint density at radius 1 is 1.47 bits per heavy atom. The van der Waals surface area contributed by atoms with Crippen molar-refractivity contribution in [2.45, 2.75) is 23.5 Å². The van der Waals surface area contributed by atoms with E-state index in [4.69, 9.17) is 0 Å². The van der Waals surface area contributed by atoms with Gasteiger partial charge in [-0.1, -0.05) is 17.7 Å². The second kappa shape index (κ2) is 4.27. The lowest BCUT2D eigenvalue weighted by Crippen LogP contribution is -2.23. The minimum Gasteiger partial charge on any atom is -0.345 e. The van der Waals surface area contributed by atoms with E-state index in [1.54, 1.807) is 11.8 Å². The molecule has 1 amide bonds. The summed E-state index contributed by atoms with van der Waals surface area (Å²) in [5, 5.41) is 0.122. The molecule has 0 bridgehead atoms. The summed E-state index contributed by atoms with van der Waals surface area (Å²) in [4.78, 5) is 14.7. The predicted octanol–water partition coefficient (Wildman–Crippen LogP) is 2.32. The molecular weight excluding hydrogens is 206 g/mol. The molecule has 1 fully saturated rings. The molecule has 1 aliphatic heterocycles. The topological polar surface area (TPSA) is 20.3 Å². The molecule has 1 aromatic rings. The number of hydrogen-bond donors (Lipinski definition) is 0. The van der Waals surface area contributed by atoms with Crippen LogP contribution in [0, 0.1) is 6.92 Å². The van der Waals surface area contributed by atoms with Crippen LogP contribution in [0.15, 0.2) is 29.2 Å². The zero-order valence-electron chi connectivity index (χ0n) is 9.06. The van der Waals surface area contributed by atoms with Crippen molar-refractivity contribution in [2.75, 3.05) is 13.6 Å². The third kappa shape index (κ3) is 2.34. The first-order chi connectivity index (χ1) is 7.16. The lowest BCUT2D eigenvalue weighted by Gasteiger charge is -2.10. The van der Waals surface area contributed by atoms with Crippen LogP contribution in [0.4, 0.5) is 0 Å². The predicted molar refractivity (Wildman–Crippen MR) is 63.1 cm³/mol. The van der Waals surface area contributed by atoms with Crippen LogP contribution in [0.5, 0.6) is 0 Å². The van der Waals surface area contributed by atoms with Gasteiger partial charge in [0.15, 0.2) is 0 Å². The molecule has 2 nitrogen and oxygen atoms in total. The Morgan fingerprint density at radius 2 is 2.27 bits per heavy atom. The average molecular weight is 221 g/mol. The molecule has 0 spiro atoms. The minimum absolute atomic E-state index is 0.122. The Balaban J connectivity index is 2.06. The number of aryl methyl sites for hydroxylation is 1.